The van der Waals surface area contributed by atoms with Crippen LogP contribution in [0.2, 0.25) is 0 Å². The molecular formula is C17H17FO2. The fraction of sp³-hybridized carbons (Fsp3) is 0.176. The van der Waals surface area contributed by atoms with Crippen LogP contribution < -0.4 is 0 Å². The molecule has 0 aromatic heterocycles. The molecule has 0 aliphatic rings. The number of hydrogen-bond donors (Lipinski definition) is 2. The van der Waals surface area contributed by atoms with Gasteiger partial charge in [-0.3, -0.25) is 0 Å². The molecule has 3 heteroatoms. The van der Waals surface area contributed by atoms with Gasteiger partial charge in [0.1, 0.15) is 17.3 Å². The third-order valence-electron chi connectivity index (χ3n) is 3.07. The zero-order valence-electron chi connectivity index (χ0n) is 11.5. The Bertz CT molecular complexity index is 605. The summed E-state index contributed by atoms with van der Waals surface area (Å²) in [7, 11) is 0. The third kappa shape index (κ3) is 3.18. The summed E-state index contributed by atoms with van der Waals surface area (Å²) in [6.07, 6.45) is 3.56. The van der Waals surface area contributed by atoms with Crippen LogP contribution in [0, 0.1) is 5.82 Å². The van der Waals surface area contributed by atoms with Crippen molar-refractivity contribution in [2.24, 2.45) is 0 Å². The van der Waals surface area contributed by atoms with Gasteiger partial charge in [0.2, 0.25) is 0 Å². The van der Waals surface area contributed by atoms with E-state index < -0.39 is 0 Å². The fourth-order valence-electron chi connectivity index (χ4n) is 2.10. The molecule has 0 saturated carbocycles. The first-order chi connectivity index (χ1) is 9.47. The molecule has 20 heavy (non-hydrogen) atoms. The number of phenols is 2. The Morgan fingerprint density at radius 3 is 1.90 bits per heavy atom. The molecule has 0 bridgehead atoms. The number of phenolic OH excluding ortho intramolecular Hbond substituents is 2. The standard InChI is InChI=1S/C17H17FO2/c1-11(2)17-15(19)9-13(10-16(17)20)4-3-12-5-7-14(18)8-6-12/h3-11,19-20H,1-2H3/b4-3+. The maximum absolute atomic E-state index is 12.8. The molecule has 0 spiro atoms. The maximum Gasteiger partial charge on any atom is 0.123 e. The van der Waals surface area contributed by atoms with E-state index in [0.717, 1.165) is 5.56 Å². The van der Waals surface area contributed by atoms with Crippen molar-refractivity contribution in [3.8, 4) is 11.5 Å². The summed E-state index contributed by atoms with van der Waals surface area (Å²) >= 11 is 0. The number of benzene rings is 2. The summed E-state index contributed by atoms with van der Waals surface area (Å²) in [5.74, 6) is -0.0682. The van der Waals surface area contributed by atoms with Crippen molar-refractivity contribution in [1.82, 2.24) is 0 Å². The second-order valence-electron chi connectivity index (χ2n) is 5.01. The van der Waals surface area contributed by atoms with Gasteiger partial charge < -0.3 is 10.2 Å². The van der Waals surface area contributed by atoms with Crippen molar-refractivity contribution in [1.29, 1.82) is 0 Å². The summed E-state index contributed by atoms with van der Waals surface area (Å²) in [4.78, 5) is 0. The average Bonchev–Trinajstić information content (AvgIpc) is 2.37. The van der Waals surface area contributed by atoms with Crippen LogP contribution in [0.25, 0.3) is 12.2 Å². The molecule has 2 aromatic carbocycles. The molecule has 2 aromatic rings. The van der Waals surface area contributed by atoms with Crippen LogP contribution >= 0.6 is 0 Å². The lowest BCUT2D eigenvalue weighted by molar-refractivity contribution is 0.433. The first kappa shape index (κ1) is 14.1. The molecule has 0 fully saturated rings. The summed E-state index contributed by atoms with van der Waals surface area (Å²) in [5, 5.41) is 19.9. The molecular weight excluding hydrogens is 255 g/mol. The molecule has 104 valence electrons. The fourth-order valence-corrected chi connectivity index (χ4v) is 2.10. The zero-order chi connectivity index (χ0) is 14.7. The summed E-state index contributed by atoms with van der Waals surface area (Å²) in [6.45, 7) is 3.81. The van der Waals surface area contributed by atoms with Gasteiger partial charge in [0, 0.05) is 5.56 Å². The lowest BCUT2D eigenvalue weighted by Crippen LogP contribution is -1.90. The van der Waals surface area contributed by atoms with Gasteiger partial charge >= 0.3 is 0 Å². The van der Waals surface area contributed by atoms with E-state index in [1.54, 1.807) is 36.4 Å². The van der Waals surface area contributed by atoms with Gasteiger partial charge in [0.15, 0.2) is 0 Å². The van der Waals surface area contributed by atoms with Gasteiger partial charge in [0.25, 0.3) is 0 Å². The molecule has 0 unspecified atom stereocenters. The lowest BCUT2D eigenvalue weighted by atomic mass is 9.98. The monoisotopic (exact) mass is 272 g/mol. The predicted molar refractivity (Wildman–Crippen MR) is 79.2 cm³/mol. The molecule has 0 atom stereocenters. The van der Waals surface area contributed by atoms with Crippen LogP contribution in [0.4, 0.5) is 4.39 Å². The molecule has 0 aliphatic carbocycles. The summed E-state index contributed by atoms with van der Waals surface area (Å²) in [6, 6.07) is 9.30. The van der Waals surface area contributed by atoms with Crippen molar-refractivity contribution >= 4 is 12.2 Å². The second-order valence-corrected chi connectivity index (χ2v) is 5.01. The van der Waals surface area contributed by atoms with E-state index in [1.807, 2.05) is 13.8 Å². The van der Waals surface area contributed by atoms with E-state index in [2.05, 4.69) is 0 Å². The molecule has 0 heterocycles. The van der Waals surface area contributed by atoms with Gasteiger partial charge in [-0.25, -0.2) is 4.39 Å². The molecule has 0 aliphatic heterocycles. The zero-order valence-corrected chi connectivity index (χ0v) is 11.5. The van der Waals surface area contributed by atoms with E-state index in [4.69, 9.17) is 0 Å². The second kappa shape index (κ2) is 5.78. The SMILES string of the molecule is CC(C)c1c(O)cc(/C=C/c2ccc(F)cc2)cc1O. The lowest BCUT2D eigenvalue weighted by Gasteiger charge is -2.11. The third-order valence-corrected chi connectivity index (χ3v) is 3.07. The Balaban J connectivity index is 2.28. The summed E-state index contributed by atoms with van der Waals surface area (Å²) in [5.41, 5.74) is 2.08. The van der Waals surface area contributed by atoms with Crippen molar-refractivity contribution in [2.75, 3.05) is 0 Å². The van der Waals surface area contributed by atoms with Crippen LogP contribution in [0.15, 0.2) is 36.4 Å². The maximum atomic E-state index is 12.8. The number of halogens is 1. The molecule has 2 N–H and O–H groups in total. The molecule has 2 nitrogen and oxygen atoms in total. The Kier molecular flexibility index (Phi) is 4.08. The topological polar surface area (TPSA) is 40.5 Å². The van der Waals surface area contributed by atoms with E-state index >= 15 is 0 Å². The van der Waals surface area contributed by atoms with Crippen molar-refractivity contribution in [3.63, 3.8) is 0 Å². The normalized spacial score (nSPS) is 11.4. The van der Waals surface area contributed by atoms with Crippen LogP contribution in [0.1, 0.15) is 36.5 Å². The van der Waals surface area contributed by atoms with Gasteiger partial charge in [-0.15, -0.1) is 0 Å². The van der Waals surface area contributed by atoms with Crippen molar-refractivity contribution < 1.29 is 14.6 Å². The van der Waals surface area contributed by atoms with E-state index in [9.17, 15) is 14.6 Å². The van der Waals surface area contributed by atoms with E-state index in [-0.39, 0.29) is 23.2 Å². The number of hydrogen-bond acceptors (Lipinski definition) is 2. The van der Waals surface area contributed by atoms with Gasteiger partial charge in [0.05, 0.1) is 0 Å². The smallest absolute Gasteiger partial charge is 0.123 e. The van der Waals surface area contributed by atoms with E-state index in [0.29, 0.717) is 11.1 Å². The molecule has 2 rings (SSSR count). The number of rotatable bonds is 3. The van der Waals surface area contributed by atoms with Gasteiger partial charge in [-0.1, -0.05) is 38.1 Å². The molecule has 0 radical (unpaired) electrons. The average molecular weight is 272 g/mol. The highest BCUT2D eigenvalue weighted by molar-refractivity contribution is 5.71. The van der Waals surface area contributed by atoms with Gasteiger partial charge in [-0.2, -0.15) is 0 Å². The quantitative estimate of drug-likeness (QED) is 0.806. The van der Waals surface area contributed by atoms with Crippen LogP contribution in [0.5, 0.6) is 11.5 Å². The predicted octanol–water partition coefficient (Wildman–Crippen LogP) is 4.53. The first-order valence-corrected chi connectivity index (χ1v) is 6.47. The highest BCUT2D eigenvalue weighted by Crippen LogP contribution is 2.35. The highest BCUT2D eigenvalue weighted by atomic mass is 19.1. The van der Waals surface area contributed by atoms with Crippen molar-refractivity contribution in [2.45, 2.75) is 19.8 Å². The minimum atomic E-state index is -0.279. The molecule has 0 amide bonds. The van der Waals surface area contributed by atoms with Crippen LogP contribution in [-0.2, 0) is 0 Å². The first-order valence-electron chi connectivity index (χ1n) is 6.47. The van der Waals surface area contributed by atoms with E-state index in [1.165, 1.54) is 12.1 Å². The highest BCUT2D eigenvalue weighted by Gasteiger charge is 2.12. The Labute approximate surface area is 117 Å². The Morgan fingerprint density at radius 1 is 0.900 bits per heavy atom. The number of aromatic hydroxyl groups is 2. The van der Waals surface area contributed by atoms with Crippen LogP contribution in [0.3, 0.4) is 0 Å². The Morgan fingerprint density at radius 2 is 1.40 bits per heavy atom. The van der Waals surface area contributed by atoms with Gasteiger partial charge in [-0.05, 0) is 41.3 Å². The molecule has 0 saturated heterocycles. The van der Waals surface area contributed by atoms with Crippen molar-refractivity contribution in [3.05, 3.63) is 58.9 Å². The largest absolute Gasteiger partial charge is 0.507 e. The summed E-state index contributed by atoms with van der Waals surface area (Å²) < 4.78 is 12.8. The van der Waals surface area contributed by atoms with Crippen LogP contribution in [-0.4, -0.2) is 10.2 Å². The minimum absolute atomic E-state index is 0.0464. The Hall–Kier alpha value is -2.29. The minimum Gasteiger partial charge on any atom is -0.507 e.